The van der Waals surface area contributed by atoms with Crippen LogP contribution < -0.4 is 4.90 Å². The lowest BCUT2D eigenvalue weighted by Gasteiger charge is -2.48. The van der Waals surface area contributed by atoms with E-state index in [9.17, 15) is 23.2 Å². The number of fused-ring (bicyclic) bond motifs is 3. The van der Waals surface area contributed by atoms with Crippen LogP contribution in [0, 0.1) is 0 Å². The average molecular weight is 409 g/mol. The van der Waals surface area contributed by atoms with E-state index in [4.69, 9.17) is 4.74 Å². The van der Waals surface area contributed by atoms with Gasteiger partial charge in [0.25, 0.3) is 12.3 Å². The third-order valence-electron chi connectivity index (χ3n) is 5.57. The highest BCUT2D eigenvalue weighted by Gasteiger charge is 2.52. The van der Waals surface area contributed by atoms with E-state index in [1.54, 1.807) is 36.1 Å². The van der Waals surface area contributed by atoms with Gasteiger partial charge in [0.05, 0.1) is 24.4 Å². The van der Waals surface area contributed by atoms with Gasteiger partial charge >= 0.3 is 0 Å². The van der Waals surface area contributed by atoms with Crippen LogP contribution in [0.25, 0.3) is 0 Å². The van der Waals surface area contributed by atoms with E-state index < -0.39 is 24.5 Å². The van der Waals surface area contributed by atoms with Crippen molar-refractivity contribution in [1.29, 1.82) is 0 Å². The van der Waals surface area contributed by atoms with Crippen molar-refractivity contribution in [2.45, 2.75) is 38.3 Å². The van der Waals surface area contributed by atoms with Gasteiger partial charge in [-0.2, -0.15) is 0 Å². The molecule has 0 bridgehead atoms. The first-order valence-electron chi connectivity index (χ1n) is 9.58. The number of hydrogen-bond acceptors (Lipinski definition) is 4. The number of nitrogens with zero attached hydrogens (tertiary/aromatic N) is 3. The molecule has 0 N–H and O–H groups in total. The Morgan fingerprint density at radius 1 is 1.31 bits per heavy atom. The van der Waals surface area contributed by atoms with Gasteiger partial charge in [-0.15, -0.1) is 0 Å². The molecule has 0 saturated carbocycles. The molecule has 0 spiro atoms. The van der Waals surface area contributed by atoms with Crippen molar-refractivity contribution in [3.8, 4) is 0 Å². The van der Waals surface area contributed by atoms with Crippen molar-refractivity contribution in [3.63, 3.8) is 0 Å². The quantitative estimate of drug-likeness (QED) is 0.660. The summed E-state index contributed by atoms with van der Waals surface area (Å²) in [5, 5.41) is 0. The van der Waals surface area contributed by atoms with Crippen LogP contribution in [0.2, 0.25) is 0 Å². The van der Waals surface area contributed by atoms with Crippen LogP contribution in [-0.2, 0) is 14.3 Å². The number of hydrogen-bond donors (Lipinski definition) is 0. The topological polar surface area (TPSA) is 70.2 Å². The second-order valence-electron chi connectivity index (χ2n) is 7.39. The number of carbonyl (C=O) groups is 3. The Labute approximate surface area is 168 Å². The monoisotopic (exact) mass is 409 g/mol. The summed E-state index contributed by atoms with van der Waals surface area (Å²) in [6.07, 6.45) is -2.01. The third kappa shape index (κ3) is 3.96. The predicted molar refractivity (Wildman–Crippen MR) is 102 cm³/mol. The Morgan fingerprint density at radius 2 is 2.03 bits per heavy atom. The molecule has 1 aromatic carbocycles. The molecular formula is C20H25F2N3O4. The van der Waals surface area contributed by atoms with E-state index in [2.05, 4.69) is 0 Å². The van der Waals surface area contributed by atoms with Crippen LogP contribution in [-0.4, -0.2) is 73.0 Å². The van der Waals surface area contributed by atoms with E-state index in [1.807, 2.05) is 0 Å². The lowest BCUT2D eigenvalue weighted by Crippen LogP contribution is -2.62. The SMILES string of the molecule is COCCN(CC(F)F)C(=O)CCN1C(=O)c2ccccc2N2C(=O)CCC12C. The molecule has 0 radical (unpaired) electrons. The zero-order valence-corrected chi connectivity index (χ0v) is 16.6. The summed E-state index contributed by atoms with van der Waals surface area (Å²) in [5.74, 6) is -0.823. The number of anilines is 1. The number of methoxy groups -OCH3 is 1. The number of benzene rings is 1. The lowest BCUT2D eigenvalue weighted by atomic mass is 9.98. The maximum Gasteiger partial charge on any atom is 0.257 e. The number of ether oxygens (including phenoxy) is 1. The number of carbonyl (C=O) groups excluding carboxylic acids is 3. The average Bonchev–Trinajstić information content (AvgIpc) is 3.00. The second-order valence-corrected chi connectivity index (χ2v) is 7.39. The lowest BCUT2D eigenvalue weighted by molar-refractivity contribution is -0.134. The summed E-state index contributed by atoms with van der Waals surface area (Å²) < 4.78 is 30.6. The smallest absolute Gasteiger partial charge is 0.257 e. The minimum Gasteiger partial charge on any atom is -0.383 e. The largest absolute Gasteiger partial charge is 0.383 e. The van der Waals surface area contributed by atoms with Crippen LogP contribution >= 0.6 is 0 Å². The van der Waals surface area contributed by atoms with Gasteiger partial charge in [-0.05, 0) is 25.5 Å². The number of alkyl halides is 2. The van der Waals surface area contributed by atoms with Crippen molar-refractivity contribution in [1.82, 2.24) is 9.80 Å². The molecule has 0 aliphatic carbocycles. The van der Waals surface area contributed by atoms with Gasteiger partial charge in [-0.25, -0.2) is 8.78 Å². The van der Waals surface area contributed by atoms with E-state index in [0.717, 1.165) is 4.90 Å². The summed E-state index contributed by atoms with van der Waals surface area (Å²) in [4.78, 5) is 42.4. The zero-order chi connectivity index (χ0) is 21.2. The molecule has 3 amide bonds. The molecule has 9 heteroatoms. The first kappa shape index (κ1) is 21.2. The highest BCUT2D eigenvalue weighted by molar-refractivity contribution is 6.10. The molecule has 2 aliphatic heterocycles. The Kier molecular flexibility index (Phi) is 6.16. The summed E-state index contributed by atoms with van der Waals surface area (Å²) in [6, 6.07) is 6.89. The van der Waals surface area contributed by atoms with Crippen molar-refractivity contribution >= 4 is 23.4 Å². The molecule has 29 heavy (non-hydrogen) atoms. The third-order valence-corrected chi connectivity index (χ3v) is 5.57. The van der Waals surface area contributed by atoms with Gasteiger partial charge in [0.15, 0.2) is 0 Å². The molecule has 1 atom stereocenters. The molecule has 1 unspecified atom stereocenters. The molecule has 1 aromatic rings. The Bertz CT molecular complexity index is 804. The van der Waals surface area contributed by atoms with E-state index >= 15 is 0 Å². The van der Waals surface area contributed by atoms with Crippen LogP contribution in [0.4, 0.5) is 14.5 Å². The molecular weight excluding hydrogens is 384 g/mol. The summed E-state index contributed by atoms with van der Waals surface area (Å²) >= 11 is 0. The summed E-state index contributed by atoms with van der Waals surface area (Å²) in [7, 11) is 1.43. The van der Waals surface area contributed by atoms with Crippen LogP contribution in [0.15, 0.2) is 24.3 Å². The highest BCUT2D eigenvalue weighted by atomic mass is 19.3. The predicted octanol–water partition coefficient (Wildman–Crippen LogP) is 2.12. The Hall–Kier alpha value is -2.55. The highest BCUT2D eigenvalue weighted by Crippen LogP contribution is 2.43. The molecule has 0 aromatic heterocycles. The standard InChI is InChI=1S/C20H25F2N3O4/c1-20-9-7-18(27)25(20)15-6-4-3-5-14(15)19(28)24(20)10-8-17(26)23(11-12-29-2)13-16(21)22/h3-6,16H,7-13H2,1-2H3. The van der Waals surface area contributed by atoms with E-state index in [0.29, 0.717) is 24.1 Å². The Morgan fingerprint density at radius 3 is 2.72 bits per heavy atom. The summed E-state index contributed by atoms with van der Waals surface area (Å²) in [6.45, 7) is 1.37. The van der Waals surface area contributed by atoms with Gasteiger partial charge in [0.1, 0.15) is 5.66 Å². The summed E-state index contributed by atoms with van der Waals surface area (Å²) in [5.41, 5.74) is 0.101. The van der Waals surface area contributed by atoms with Gasteiger partial charge in [0.2, 0.25) is 11.8 Å². The number of amides is 3. The minimum absolute atomic E-state index is 0.0407. The zero-order valence-electron chi connectivity index (χ0n) is 16.6. The Balaban J connectivity index is 1.80. The first-order chi connectivity index (χ1) is 13.8. The fourth-order valence-corrected chi connectivity index (χ4v) is 4.09. The van der Waals surface area contributed by atoms with Gasteiger partial charge in [0, 0.05) is 33.0 Å². The molecule has 2 heterocycles. The molecule has 3 rings (SSSR count). The van der Waals surface area contributed by atoms with Gasteiger partial charge < -0.3 is 14.5 Å². The molecule has 7 nitrogen and oxygen atoms in total. The van der Waals surface area contributed by atoms with E-state index in [-0.39, 0.29) is 37.9 Å². The maximum atomic E-state index is 13.1. The van der Waals surface area contributed by atoms with Crippen LogP contribution in [0.1, 0.15) is 36.5 Å². The van der Waals surface area contributed by atoms with Crippen molar-refractivity contribution in [3.05, 3.63) is 29.8 Å². The number of rotatable bonds is 8. The minimum atomic E-state index is -2.65. The fourth-order valence-electron chi connectivity index (χ4n) is 4.09. The molecule has 2 aliphatic rings. The second kappa shape index (κ2) is 8.44. The van der Waals surface area contributed by atoms with Crippen molar-refractivity contribution in [2.75, 3.05) is 38.3 Å². The molecule has 1 saturated heterocycles. The van der Waals surface area contributed by atoms with Crippen molar-refractivity contribution < 1.29 is 27.9 Å². The molecule has 1 fully saturated rings. The fraction of sp³-hybridized carbons (Fsp3) is 0.550. The first-order valence-corrected chi connectivity index (χ1v) is 9.58. The van der Waals surface area contributed by atoms with Crippen LogP contribution in [0.3, 0.4) is 0 Å². The number of para-hydroxylation sites is 1. The van der Waals surface area contributed by atoms with E-state index in [1.165, 1.54) is 12.0 Å². The maximum absolute atomic E-state index is 13.1. The normalized spacial score (nSPS) is 20.9. The van der Waals surface area contributed by atoms with Crippen LogP contribution in [0.5, 0.6) is 0 Å². The van der Waals surface area contributed by atoms with Gasteiger partial charge in [-0.1, -0.05) is 12.1 Å². The van der Waals surface area contributed by atoms with Crippen molar-refractivity contribution in [2.24, 2.45) is 0 Å². The number of halogens is 2. The molecule has 158 valence electrons. The van der Waals surface area contributed by atoms with Gasteiger partial charge in [-0.3, -0.25) is 19.3 Å².